The summed E-state index contributed by atoms with van der Waals surface area (Å²) in [5, 5.41) is 6.20. The summed E-state index contributed by atoms with van der Waals surface area (Å²) in [6, 6.07) is 8.51. The van der Waals surface area contributed by atoms with E-state index in [1.165, 1.54) is 18.4 Å². The number of hydrogen-bond acceptors (Lipinski definition) is 3. The lowest BCUT2D eigenvalue weighted by atomic mass is 9.89. The molecule has 0 atom stereocenters. The molecule has 1 aromatic rings. The van der Waals surface area contributed by atoms with E-state index in [9.17, 15) is 4.79 Å². The van der Waals surface area contributed by atoms with Crippen molar-refractivity contribution in [2.24, 2.45) is 0 Å². The van der Waals surface area contributed by atoms with E-state index in [4.69, 9.17) is 4.74 Å². The minimum Gasteiger partial charge on any atom is -0.444 e. The van der Waals surface area contributed by atoms with Crippen molar-refractivity contribution in [2.75, 3.05) is 13.1 Å². The van der Waals surface area contributed by atoms with Crippen LogP contribution in [0.25, 0.3) is 0 Å². The van der Waals surface area contributed by atoms with E-state index in [1.807, 2.05) is 40.7 Å². The Morgan fingerprint density at radius 3 is 2.52 bits per heavy atom. The summed E-state index contributed by atoms with van der Waals surface area (Å²) in [4.78, 5) is 11.7. The van der Waals surface area contributed by atoms with Gasteiger partial charge in [-0.15, -0.1) is 0 Å². The van der Waals surface area contributed by atoms with Crippen LogP contribution in [0.4, 0.5) is 4.79 Å². The third-order valence-corrected chi connectivity index (χ3v) is 3.60. The van der Waals surface area contributed by atoms with Crippen molar-refractivity contribution in [3.63, 3.8) is 0 Å². The van der Waals surface area contributed by atoms with E-state index < -0.39 is 5.60 Å². The molecule has 0 aliphatic carbocycles. The fourth-order valence-electron chi connectivity index (χ4n) is 2.60. The lowest BCUT2D eigenvalue weighted by Crippen LogP contribution is -2.32. The second-order valence-electron chi connectivity index (χ2n) is 6.62. The van der Waals surface area contributed by atoms with E-state index in [1.54, 1.807) is 0 Å². The SMILES string of the molecule is CC.CC(C)(C)OC(=O)NCc1cccc(C2CCNCC2)c1. The molecule has 4 heteroatoms. The molecule has 23 heavy (non-hydrogen) atoms. The molecule has 0 saturated carbocycles. The largest absolute Gasteiger partial charge is 0.444 e. The van der Waals surface area contributed by atoms with Gasteiger partial charge in [-0.25, -0.2) is 4.79 Å². The highest BCUT2D eigenvalue weighted by Crippen LogP contribution is 2.25. The number of piperidine rings is 1. The molecule has 1 heterocycles. The monoisotopic (exact) mass is 320 g/mol. The van der Waals surface area contributed by atoms with Crippen molar-refractivity contribution in [3.8, 4) is 0 Å². The quantitative estimate of drug-likeness (QED) is 0.877. The van der Waals surface area contributed by atoms with E-state index in [0.717, 1.165) is 18.7 Å². The first-order chi connectivity index (χ1) is 10.9. The zero-order chi connectivity index (χ0) is 17.3. The van der Waals surface area contributed by atoms with Crippen LogP contribution in [0.15, 0.2) is 24.3 Å². The molecule has 0 unspecified atom stereocenters. The Labute approximate surface area is 141 Å². The average Bonchev–Trinajstić information content (AvgIpc) is 2.54. The van der Waals surface area contributed by atoms with Crippen LogP contribution < -0.4 is 10.6 Å². The molecule has 1 saturated heterocycles. The molecule has 2 rings (SSSR count). The van der Waals surface area contributed by atoms with Crippen LogP contribution >= 0.6 is 0 Å². The normalized spacial score (nSPS) is 15.3. The molecule has 1 aliphatic heterocycles. The Balaban J connectivity index is 0.00000127. The van der Waals surface area contributed by atoms with Gasteiger partial charge in [0, 0.05) is 6.54 Å². The van der Waals surface area contributed by atoms with Gasteiger partial charge in [0.1, 0.15) is 5.60 Å². The molecule has 4 nitrogen and oxygen atoms in total. The predicted molar refractivity (Wildman–Crippen MR) is 95.7 cm³/mol. The average molecular weight is 320 g/mol. The van der Waals surface area contributed by atoms with Gasteiger partial charge in [-0.1, -0.05) is 38.1 Å². The zero-order valence-corrected chi connectivity index (χ0v) is 15.2. The van der Waals surface area contributed by atoms with Gasteiger partial charge >= 0.3 is 6.09 Å². The zero-order valence-electron chi connectivity index (χ0n) is 15.2. The predicted octanol–water partition coefficient (Wildman–Crippen LogP) is 4.20. The standard InChI is InChI=1S/C17H26N2O2.C2H6/c1-17(2,3)21-16(20)19-12-13-5-4-6-15(11-13)14-7-9-18-10-8-14;1-2/h4-6,11,14,18H,7-10,12H2,1-3H3,(H,19,20);1-2H3. The topological polar surface area (TPSA) is 50.4 Å². The molecule has 1 amide bonds. The van der Waals surface area contributed by atoms with Gasteiger partial charge in [0.15, 0.2) is 0 Å². The number of hydrogen-bond donors (Lipinski definition) is 2. The van der Waals surface area contributed by atoms with Gasteiger partial charge < -0.3 is 15.4 Å². The number of carbonyl (C=O) groups excluding carboxylic acids is 1. The van der Waals surface area contributed by atoms with Gasteiger partial charge in [0.25, 0.3) is 0 Å². The van der Waals surface area contributed by atoms with Crippen molar-refractivity contribution >= 4 is 6.09 Å². The molecular formula is C19H32N2O2. The highest BCUT2D eigenvalue weighted by Gasteiger charge is 2.17. The lowest BCUT2D eigenvalue weighted by molar-refractivity contribution is 0.0523. The maximum Gasteiger partial charge on any atom is 0.407 e. The summed E-state index contributed by atoms with van der Waals surface area (Å²) in [5.41, 5.74) is 2.04. The van der Waals surface area contributed by atoms with Crippen LogP contribution in [-0.4, -0.2) is 24.8 Å². The molecule has 1 aliphatic rings. The van der Waals surface area contributed by atoms with Crippen LogP contribution in [-0.2, 0) is 11.3 Å². The minimum absolute atomic E-state index is 0.366. The Morgan fingerprint density at radius 1 is 1.26 bits per heavy atom. The number of rotatable bonds is 3. The molecule has 2 N–H and O–H groups in total. The van der Waals surface area contributed by atoms with E-state index >= 15 is 0 Å². The smallest absolute Gasteiger partial charge is 0.407 e. The number of nitrogens with one attached hydrogen (secondary N) is 2. The molecule has 0 aromatic heterocycles. The summed E-state index contributed by atoms with van der Waals surface area (Å²) < 4.78 is 5.25. The van der Waals surface area contributed by atoms with Crippen molar-refractivity contribution in [1.29, 1.82) is 0 Å². The Hall–Kier alpha value is -1.55. The minimum atomic E-state index is -0.457. The highest BCUT2D eigenvalue weighted by molar-refractivity contribution is 5.67. The maximum atomic E-state index is 11.7. The molecule has 1 aromatic carbocycles. The number of amides is 1. The van der Waals surface area contributed by atoms with Crippen LogP contribution in [0.1, 0.15) is 64.5 Å². The van der Waals surface area contributed by atoms with Crippen molar-refractivity contribution in [2.45, 2.75) is 65.5 Å². The number of benzene rings is 1. The summed E-state index contributed by atoms with van der Waals surface area (Å²) in [5.74, 6) is 0.632. The van der Waals surface area contributed by atoms with E-state index in [0.29, 0.717) is 12.5 Å². The highest BCUT2D eigenvalue weighted by atomic mass is 16.6. The Morgan fingerprint density at radius 2 is 1.91 bits per heavy atom. The van der Waals surface area contributed by atoms with E-state index in [2.05, 4.69) is 28.8 Å². The van der Waals surface area contributed by atoms with Crippen molar-refractivity contribution < 1.29 is 9.53 Å². The van der Waals surface area contributed by atoms with Crippen LogP contribution in [0.3, 0.4) is 0 Å². The maximum absolute atomic E-state index is 11.7. The summed E-state index contributed by atoms with van der Waals surface area (Å²) in [6.45, 7) is 12.3. The third-order valence-electron chi connectivity index (χ3n) is 3.60. The van der Waals surface area contributed by atoms with Crippen LogP contribution in [0.5, 0.6) is 0 Å². The second-order valence-corrected chi connectivity index (χ2v) is 6.62. The van der Waals surface area contributed by atoms with Crippen LogP contribution in [0.2, 0.25) is 0 Å². The first-order valence-corrected chi connectivity index (χ1v) is 8.70. The molecule has 0 spiro atoms. The van der Waals surface area contributed by atoms with Gasteiger partial charge in [-0.05, 0) is 63.7 Å². The molecule has 130 valence electrons. The first kappa shape index (κ1) is 19.5. The summed E-state index contributed by atoms with van der Waals surface area (Å²) in [7, 11) is 0. The summed E-state index contributed by atoms with van der Waals surface area (Å²) >= 11 is 0. The van der Waals surface area contributed by atoms with Gasteiger partial charge in [-0.2, -0.15) is 0 Å². The molecule has 1 fully saturated rings. The Kier molecular flexibility index (Phi) is 8.10. The fourth-order valence-corrected chi connectivity index (χ4v) is 2.60. The van der Waals surface area contributed by atoms with Gasteiger partial charge in [-0.3, -0.25) is 0 Å². The third kappa shape index (κ3) is 7.51. The van der Waals surface area contributed by atoms with E-state index in [-0.39, 0.29) is 6.09 Å². The van der Waals surface area contributed by atoms with Crippen molar-refractivity contribution in [3.05, 3.63) is 35.4 Å². The van der Waals surface area contributed by atoms with Gasteiger partial charge in [0.05, 0.1) is 0 Å². The number of ether oxygens (including phenoxy) is 1. The molecular weight excluding hydrogens is 288 g/mol. The Bertz CT molecular complexity index is 475. The second kappa shape index (κ2) is 9.56. The van der Waals surface area contributed by atoms with Crippen LogP contribution in [0, 0.1) is 0 Å². The first-order valence-electron chi connectivity index (χ1n) is 8.70. The lowest BCUT2D eigenvalue weighted by Gasteiger charge is -2.23. The fraction of sp³-hybridized carbons (Fsp3) is 0.632. The molecule has 0 radical (unpaired) electrons. The number of alkyl carbamates (subject to hydrolysis) is 1. The van der Waals surface area contributed by atoms with Crippen molar-refractivity contribution in [1.82, 2.24) is 10.6 Å². The number of carbonyl (C=O) groups is 1. The molecule has 0 bridgehead atoms. The van der Waals surface area contributed by atoms with Gasteiger partial charge in [0.2, 0.25) is 0 Å². The summed E-state index contributed by atoms with van der Waals surface area (Å²) in [6.07, 6.45) is 2.00.